The second-order valence-corrected chi connectivity index (χ2v) is 9.54. The fourth-order valence-electron chi connectivity index (χ4n) is 3.00. The van der Waals surface area contributed by atoms with Gasteiger partial charge in [-0.05, 0) is 48.5 Å². The number of aliphatic imine (C=N–C) groups is 1. The first-order chi connectivity index (χ1) is 14.7. The van der Waals surface area contributed by atoms with Gasteiger partial charge in [0.1, 0.15) is 5.84 Å². The van der Waals surface area contributed by atoms with Gasteiger partial charge in [-0.1, -0.05) is 48.0 Å². The molecule has 0 fully saturated rings. The van der Waals surface area contributed by atoms with Crippen LogP contribution in [0.25, 0.3) is 0 Å². The van der Waals surface area contributed by atoms with Crippen molar-refractivity contribution in [1.82, 2.24) is 0 Å². The highest BCUT2D eigenvalue weighted by molar-refractivity contribution is 7.90. The summed E-state index contributed by atoms with van der Waals surface area (Å²) in [6.45, 7) is -0.448. The highest BCUT2D eigenvalue weighted by Crippen LogP contribution is 2.29. The maximum Gasteiger partial charge on any atom is 0.199 e. The van der Waals surface area contributed by atoms with Crippen molar-refractivity contribution in [3.05, 3.63) is 95.5 Å². The molecule has 0 radical (unpaired) electrons. The normalized spacial score (nSPS) is 18.2. The lowest BCUT2D eigenvalue weighted by molar-refractivity contribution is 0.00794. The third-order valence-corrected chi connectivity index (χ3v) is 5.96. The molecule has 1 atom stereocenters. The summed E-state index contributed by atoms with van der Waals surface area (Å²) in [5.74, 6) is 0.443. The molecule has 0 aliphatic carbocycles. The Morgan fingerprint density at radius 2 is 1.48 bits per heavy atom. The van der Waals surface area contributed by atoms with Gasteiger partial charge in [-0.15, -0.1) is 0 Å². The Balaban J connectivity index is 0.000000391. The van der Waals surface area contributed by atoms with E-state index in [4.69, 9.17) is 11.6 Å². The molecular formula is C23H23ClN2O4S. The molecule has 1 aliphatic rings. The van der Waals surface area contributed by atoms with E-state index < -0.39 is 22.2 Å². The van der Waals surface area contributed by atoms with Crippen LogP contribution in [0, 0.1) is 0 Å². The number of nitrogens with zero attached hydrogens (tertiary/aromatic N) is 2. The van der Waals surface area contributed by atoms with E-state index in [0.29, 0.717) is 16.4 Å². The molecule has 8 heteroatoms. The monoisotopic (exact) mass is 458 g/mol. The molecule has 0 amide bonds. The number of sulfone groups is 1. The van der Waals surface area contributed by atoms with Crippen LogP contribution in [0.4, 0.5) is 5.69 Å². The van der Waals surface area contributed by atoms with E-state index >= 15 is 0 Å². The Morgan fingerprint density at radius 3 is 1.94 bits per heavy atom. The lowest BCUT2D eigenvalue weighted by Crippen LogP contribution is -2.38. The largest absolute Gasteiger partial charge is 0.391 e. The molecule has 0 saturated carbocycles. The summed E-state index contributed by atoms with van der Waals surface area (Å²) >= 11 is 5.92. The molecule has 4 rings (SSSR count). The fraction of sp³-hybridized carbons (Fsp3) is 0.174. The van der Waals surface area contributed by atoms with Crippen LogP contribution in [-0.4, -0.2) is 49.6 Å². The quantitative estimate of drug-likeness (QED) is 0.625. The van der Waals surface area contributed by atoms with Crippen LogP contribution < -0.4 is 4.90 Å². The fourth-order valence-corrected chi connectivity index (χ4v) is 3.75. The SMILES string of the molecule is CS(=O)(=O)c1ccc(C2=NC(O)(CO)CN2c2ccc(Cl)cc2)cc1.c1ccccc1. The molecule has 0 bridgehead atoms. The van der Waals surface area contributed by atoms with Crippen molar-refractivity contribution < 1.29 is 18.6 Å². The van der Waals surface area contributed by atoms with Crippen molar-refractivity contribution >= 4 is 33.0 Å². The maximum atomic E-state index is 11.6. The minimum Gasteiger partial charge on any atom is -0.391 e. The maximum absolute atomic E-state index is 11.6. The lowest BCUT2D eigenvalue weighted by Gasteiger charge is -2.23. The summed E-state index contributed by atoms with van der Waals surface area (Å²) in [6, 6.07) is 25.2. The first kappa shape index (κ1) is 23.0. The van der Waals surface area contributed by atoms with E-state index in [2.05, 4.69) is 4.99 Å². The topological polar surface area (TPSA) is 90.2 Å². The summed E-state index contributed by atoms with van der Waals surface area (Å²) in [7, 11) is -3.30. The van der Waals surface area contributed by atoms with Crippen LogP contribution in [0.15, 0.2) is 94.8 Å². The molecule has 2 N–H and O–H groups in total. The highest BCUT2D eigenvalue weighted by Gasteiger charge is 2.38. The summed E-state index contributed by atoms with van der Waals surface area (Å²) in [5, 5.41) is 20.4. The third kappa shape index (κ3) is 5.92. The van der Waals surface area contributed by atoms with Crippen LogP contribution >= 0.6 is 11.6 Å². The Kier molecular flexibility index (Phi) is 7.12. The summed E-state index contributed by atoms with van der Waals surface area (Å²) < 4.78 is 23.2. The molecule has 0 spiro atoms. The average molecular weight is 459 g/mol. The number of halogens is 1. The smallest absolute Gasteiger partial charge is 0.199 e. The third-order valence-electron chi connectivity index (χ3n) is 4.58. The first-order valence-electron chi connectivity index (χ1n) is 9.49. The van der Waals surface area contributed by atoms with Gasteiger partial charge in [0.25, 0.3) is 0 Å². The molecule has 6 nitrogen and oxygen atoms in total. The summed E-state index contributed by atoms with van der Waals surface area (Å²) in [6.07, 6.45) is 1.14. The molecular weight excluding hydrogens is 436 g/mol. The molecule has 0 aromatic heterocycles. The lowest BCUT2D eigenvalue weighted by atomic mass is 10.1. The number of anilines is 1. The number of benzene rings is 3. The molecule has 0 saturated heterocycles. The molecule has 1 aliphatic heterocycles. The zero-order chi connectivity index (χ0) is 22.5. The highest BCUT2D eigenvalue weighted by atomic mass is 35.5. The van der Waals surface area contributed by atoms with Crippen molar-refractivity contribution in [3.63, 3.8) is 0 Å². The van der Waals surface area contributed by atoms with Gasteiger partial charge >= 0.3 is 0 Å². The zero-order valence-electron chi connectivity index (χ0n) is 16.9. The number of amidine groups is 1. The van der Waals surface area contributed by atoms with E-state index in [0.717, 1.165) is 11.9 Å². The van der Waals surface area contributed by atoms with Gasteiger partial charge in [0, 0.05) is 22.5 Å². The van der Waals surface area contributed by atoms with Gasteiger partial charge in [0.15, 0.2) is 15.6 Å². The molecule has 3 aromatic carbocycles. The Morgan fingerprint density at radius 1 is 0.968 bits per heavy atom. The van der Waals surface area contributed by atoms with Crippen LogP contribution in [0.5, 0.6) is 0 Å². The number of aliphatic hydroxyl groups excluding tert-OH is 1. The predicted molar refractivity (Wildman–Crippen MR) is 123 cm³/mol. The van der Waals surface area contributed by atoms with Crippen molar-refractivity contribution in [2.24, 2.45) is 4.99 Å². The number of β-amino-alcohol motifs (C(OH)–C–C–N with tert-alkyl or cyclic N) is 1. The van der Waals surface area contributed by atoms with Crippen molar-refractivity contribution in [2.45, 2.75) is 10.6 Å². The first-order valence-corrected chi connectivity index (χ1v) is 11.8. The second kappa shape index (κ2) is 9.62. The zero-order valence-corrected chi connectivity index (χ0v) is 18.5. The molecule has 162 valence electrons. The van der Waals surface area contributed by atoms with E-state index in [1.165, 1.54) is 12.1 Å². The van der Waals surface area contributed by atoms with E-state index in [-0.39, 0.29) is 11.4 Å². The summed E-state index contributed by atoms with van der Waals surface area (Å²) in [5.41, 5.74) is -0.240. The Labute approximate surface area is 187 Å². The van der Waals surface area contributed by atoms with Crippen LogP contribution in [-0.2, 0) is 9.84 Å². The van der Waals surface area contributed by atoms with Gasteiger partial charge in [0.05, 0.1) is 18.0 Å². The van der Waals surface area contributed by atoms with Crippen LogP contribution in [0.2, 0.25) is 5.02 Å². The second-order valence-electron chi connectivity index (χ2n) is 7.09. The average Bonchev–Trinajstić information content (AvgIpc) is 3.14. The van der Waals surface area contributed by atoms with E-state index in [1.54, 1.807) is 41.3 Å². The molecule has 1 heterocycles. The minimum atomic E-state index is -3.30. The number of rotatable bonds is 4. The number of aliphatic hydroxyl groups is 2. The van der Waals surface area contributed by atoms with Gasteiger partial charge < -0.3 is 15.1 Å². The molecule has 3 aromatic rings. The van der Waals surface area contributed by atoms with Gasteiger partial charge in [0.2, 0.25) is 0 Å². The minimum absolute atomic E-state index is 0.0777. The van der Waals surface area contributed by atoms with Gasteiger partial charge in [-0.25, -0.2) is 13.4 Å². The standard InChI is InChI=1S/C17H17ClN2O4S.C6H6/c1-25(23,24)15-8-2-12(3-9-15)16-19-17(22,11-21)10-20(16)14-6-4-13(18)5-7-14;1-2-4-6-5-3-1/h2-9,21-22H,10-11H2,1H3;1-6H. The number of hydrogen-bond acceptors (Lipinski definition) is 6. The molecule has 31 heavy (non-hydrogen) atoms. The number of hydrogen-bond donors (Lipinski definition) is 2. The van der Waals surface area contributed by atoms with Crippen molar-refractivity contribution in [1.29, 1.82) is 0 Å². The van der Waals surface area contributed by atoms with E-state index in [9.17, 15) is 18.6 Å². The van der Waals surface area contributed by atoms with Crippen LogP contribution in [0.3, 0.4) is 0 Å². The summed E-state index contributed by atoms with van der Waals surface area (Å²) in [4.78, 5) is 6.20. The van der Waals surface area contributed by atoms with Gasteiger partial charge in [-0.2, -0.15) is 0 Å². The van der Waals surface area contributed by atoms with Crippen molar-refractivity contribution in [2.75, 3.05) is 24.3 Å². The Hall–Kier alpha value is -2.71. The van der Waals surface area contributed by atoms with Crippen LogP contribution in [0.1, 0.15) is 5.56 Å². The van der Waals surface area contributed by atoms with Crippen molar-refractivity contribution in [3.8, 4) is 0 Å². The Bertz CT molecular complexity index is 1110. The predicted octanol–water partition coefficient (Wildman–Crippen LogP) is 3.38. The molecule has 1 unspecified atom stereocenters. The van der Waals surface area contributed by atoms with E-state index in [1.807, 2.05) is 36.4 Å². The van der Waals surface area contributed by atoms with Gasteiger partial charge in [-0.3, -0.25) is 0 Å².